The van der Waals surface area contributed by atoms with Crippen molar-refractivity contribution in [3.8, 4) is 11.6 Å². The predicted molar refractivity (Wildman–Crippen MR) is 109 cm³/mol. The molecule has 0 saturated carbocycles. The number of nitrogens with zero attached hydrogens (tertiary/aromatic N) is 3. The second-order valence-electron chi connectivity index (χ2n) is 6.64. The Morgan fingerprint density at radius 3 is 2.25 bits per heavy atom. The number of hydrogen-bond acceptors (Lipinski definition) is 5. The molecule has 2 aromatic heterocycles. The highest BCUT2D eigenvalue weighted by Crippen LogP contribution is 2.34. The molecule has 1 aromatic carbocycles. The molecule has 0 atom stereocenters. The normalized spacial score (nSPS) is 11.8. The maximum absolute atomic E-state index is 13.2. The van der Waals surface area contributed by atoms with Crippen LogP contribution >= 0.6 is 0 Å². The lowest BCUT2D eigenvalue weighted by Crippen LogP contribution is -2.15. The number of aromatic nitrogens is 3. The second-order valence-corrected chi connectivity index (χ2v) is 8.26. The number of rotatable bonds is 7. The van der Waals surface area contributed by atoms with Gasteiger partial charge >= 0.3 is 0 Å². The van der Waals surface area contributed by atoms with Crippen molar-refractivity contribution in [1.82, 2.24) is 14.8 Å². The quantitative estimate of drug-likeness (QED) is 0.642. The van der Waals surface area contributed by atoms with Gasteiger partial charge in [-0.05, 0) is 44.9 Å². The van der Waals surface area contributed by atoms with Crippen molar-refractivity contribution < 1.29 is 12.8 Å². The molecule has 7 nitrogen and oxygen atoms in total. The van der Waals surface area contributed by atoms with E-state index in [4.69, 9.17) is 4.42 Å². The molecule has 8 heteroatoms. The van der Waals surface area contributed by atoms with Crippen LogP contribution in [-0.4, -0.2) is 23.2 Å². The molecule has 0 saturated heterocycles. The Morgan fingerprint density at radius 2 is 1.71 bits per heavy atom. The summed E-state index contributed by atoms with van der Waals surface area (Å²) < 4.78 is 36.7. The molecule has 2 heterocycles. The van der Waals surface area contributed by atoms with Gasteiger partial charge in [0.15, 0.2) is 0 Å². The number of aryl methyl sites for hydroxylation is 2. The van der Waals surface area contributed by atoms with E-state index in [1.165, 1.54) is 0 Å². The fourth-order valence-corrected chi connectivity index (χ4v) is 4.99. The van der Waals surface area contributed by atoms with Gasteiger partial charge in [-0.2, -0.15) is 0 Å². The molecule has 150 valence electrons. The highest BCUT2D eigenvalue weighted by Gasteiger charge is 2.29. The topological polar surface area (TPSA) is 90.0 Å². The summed E-state index contributed by atoms with van der Waals surface area (Å²) in [5.41, 5.74) is 3.58. The molecule has 1 N–H and O–H groups in total. The van der Waals surface area contributed by atoms with Crippen LogP contribution < -0.4 is 4.72 Å². The fraction of sp³-hybridized carbons (Fsp3) is 0.400. The SMILES string of the molecule is CCc1ccc(NS(=O)(=O)c2c(C)c(-c3nnc(CC)o3)n(CC)c2C)cc1. The molecule has 0 aliphatic heterocycles. The smallest absolute Gasteiger partial charge is 0.264 e. The van der Waals surface area contributed by atoms with Gasteiger partial charge in [0.2, 0.25) is 5.89 Å². The molecule has 0 aliphatic carbocycles. The van der Waals surface area contributed by atoms with Gasteiger partial charge in [0.25, 0.3) is 15.9 Å². The zero-order valence-electron chi connectivity index (χ0n) is 16.9. The van der Waals surface area contributed by atoms with E-state index in [9.17, 15) is 8.42 Å². The van der Waals surface area contributed by atoms with Crippen molar-refractivity contribution in [2.75, 3.05) is 4.72 Å². The van der Waals surface area contributed by atoms with Crippen molar-refractivity contribution in [2.24, 2.45) is 0 Å². The molecule has 0 fully saturated rings. The third-order valence-electron chi connectivity index (χ3n) is 4.87. The van der Waals surface area contributed by atoms with E-state index < -0.39 is 10.0 Å². The van der Waals surface area contributed by atoms with Crippen molar-refractivity contribution >= 4 is 15.7 Å². The molecule has 0 aliphatic rings. The molecule has 3 rings (SSSR count). The van der Waals surface area contributed by atoms with Gasteiger partial charge in [-0.15, -0.1) is 10.2 Å². The summed E-state index contributed by atoms with van der Waals surface area (Å²) in [6, 6.07) is 7.41. The number of sulfonamides is 1. The third kappa shape index (κ3) is 3.56. The molecule has 0 spiro atoms. The van der Waals surface area contributed by atoms with Gasteiger partial charge in [0, 0.05) is 29.9 Å². The van der Waals surface area contributed by atoms with Crippen LogP contribution in [0, 0.1) is 13.8 Å². The van der Waals surface area contributed by atoms with E-state index >= 15 is 0 Å². The summed E-state index contributed by atoms with van der Waals surface area (Å²) in [6.45, 7) is 10.1. The third-order valence-corrected chi connectivity index (χ3v) is 6.51. The molecular weight excluding hydrogens is 376 g/mol. The van der Waals surface area contributed by atoms with Crippen molar-refractivity contribution in [3.63, 3.8) is 0 Å². The Balaban J connectivity index is 2.07. The van der Waals surface area contributed by atoms with Crippen LogP contribution in [0.5, 0.6) is 0 Å². The highest BCUT2D eigenvalue weighted by molar-refractivity contribution is 7.92. The second kappa shape index (κ2) is 7.79. The monoisotopic (exact) mass is 402 g/mol. The van der Waals surface area contributed by atoms with Crippen molar-refractivity contribution in [1.29, 1.82) is 0 Å². The van der Waals surface area contributed by atoms with E-state index in [1.807, 2.05) is 30.5 Å². The zero-order chi connectivity index (χ0) is 20.5. The average Bonchev–Trinajstić information content (AvgIpc) is 3.23. The highest BCUT2D eigenvalue weighted by atomic mass is 32.2. The number of benzene rings is 1. The largest absolute Gasteiger partial charge is 0.419 e. The van der Waals surface area contributed by atoms with Crippen LogP contribution in [0.2, 0.25) is 0 Å². The standard InChI is InChI=1S/C20H26N4O3S/c1-6-15-9-11-16(12-10-15)23-28(25,26)19-13(4)18(24(8-3)14(19)5)20-22-21-17(7-2)27-20/h9-12,23H,6-8H2,1-5H3. The summed E-state index contributed by atoms with van der Waals surface area (Å²) in [4.78, 5) is 0.250. The molecule has 0 unspecified atom stereocenters. The first-order valence-electron chi connectivity index (χ1n) is 9.46. The van der Waals surface area contributed by atoms with Gasteiger partial charge in [-0.3, -0.25) is 4.72 Å². The van der Waals surface area contributed by atoms with E-state index in [-0.39, 0.29) is 4.90 Å². The van der Waals surface area contributed by atoms with Crippen LogP contribution in [0.15, 0.2) is 33.6 Å². The number of anilines is 1. The van der Waals surface area contributed by atoms with E-state index in [0.29, 0.717) is 47.4 Å². The zero-order valence-corrected chi connectivity index (χ0v) is 17.7. The molecule has 0 bridgehead atoms. The summed E-state index contributed by atoms with van der Waals surface area (Å²) in [6.07, 6.45) is 1.52. The molecule has 0 radical (unpaired) electrons. The summed E-state index contributed by atoms with van der Waals surface area (Å²) in [5, 5.41) is 8.13. The Labute approximate surface area is 165 Å². The van der Waals surface area contributed by atoms with Gasteiger partial charge < -0.3 is 8.98 Å². The first-order valence-corrected chi connectivity index (χ1v) is 10.9. The molecule has 3 aromatic rings. The number of nitrogens with one attached hydrogen (secondary N) is 1. The molecule has 0 amide bonds. The Bertz CT molecular complexity index is 1080. The van der Waals surface area contributed by atoms with Crippen molar-refractivity contribution in [2.45, 2.75) is 58.9 Å². The van der Waals surface area contributed by atoms with Crippen LogP contribution in [-0.2, 0) is 29.4 Å². The maximum atomic E-state index is 13.2. The van der Waals surface area contributed by atoms with E-state index in [1.54, 1.807) is 26.0 Å². The minimum atomic E-state index is -3.77. The lowest BCUT2D eigenvalue weighted by atomic mass is 10.2. The first-order chi connectivity index (χ1) is 13.3. The lowest BCUT2D eigenvalue weighted by Gasteiger charge is -2.10. The summed E-state index contributed by atoms with van der Waals surface area (Å²) in [7, 11) is -3.77. The average molecular weight is 403 g/mol. The van der Waals surface area contributed by atoms with E-state index in [0.717, 1.165) is 12.0 Å². The van der Waals surface area contributed by atoms with Crippen LogP contribution in [0.4, 0.5) is 5.69 Å². The summed E-state index contributed by atoms with van der Waals surface area (Å²) in [5.74, 6) is 0.863. The minimum Gasteiger partial charge on any atom is -0.419 e. The lowest BCUT2D eigenvalue weighted by molar-refractivity contribution is 0.507. The van der Waals surface area contributed by atoms with Crippen LogP contribution in [0.3, 0.4) is 0 Å². The van der Waals surface area contributed by atoms with Gasteiger partial charge in [-0.1, -0.05) is 26.0 Å². The van der Waals surface area contributed by atoms with E-state index in [2.05, 4.69) is 21.8 Å². The Morgan fingerprint density at radius 1 is 1.04 bits per heavy atom. The van der Waals surface area contributed by atoms with Gasteiger partial charge in [-0.25, -0.2) is 8.42 Å². The predicted octanol–water partition coefficient (Wildman–Crippen LogP) is 4.10. The molecular formula is C20H26N4O3S. The van der Waals surface area contributed by atoms with Gasteiger partial charge in [0.05, 0.1) is 0 Å². The van der Waals surface area contributed by atoms with Crippen molar-refractivity contribution in [3.05, 3.63) is 47.0 Å². The minimum absolute atomic E-state index is 0.250. The summed E-state index contributed by atoms with van der Waals surface area (Å²) >= 11 is 0. The maximum Gasteiger partial charge on any atom is 0.264 e. The Hall–Kier alpha value is -2.61. The van der Waals surface area contributed by atoms with Gasteiger partial charge in [0.1, 0.15) is 10.6 Å². The first kappa shape index (κ1) is 20.1. The van der Waals surface area contributed by atoms with Crippen LogP contribution in [0.1, 0.15) is 43.5 Å². The molecule has 28 heavy (non-hydrogen) atoms. The fourth-order valence-electron chi connectivity index (χ4n) is 3.45. The Kier molecular flexibility index (Phi) is 5.60. The van der Waals surface area contributed by atoms with Crippen LogP contribution in [0.25, 0.3) is 11.6 Å². The number of hydrogen-bond donors (Lipinski definition) is 1.